The fourth-order valence-corrected chi connectivity index (χ4v) is 1.93. The van der Waals surface area contributed by atoms with Crippen LogP contribution in [0.3, 0.4) is 0 Å². The molecule has 1 unspecified atom stereocenters. The van der Waals surface area contributed by atoms with Crippen molar-refractivity contribution in [1.82, 2.24) is 4.90 Å². The van der Waals surface area contributed by atoms with E-state index in [0.29, 0.717) is 6.04 Å². The standard InChI is InChI=1S/C10H14N2O/c11-7-9-1-4-12(5-2-9)10-3-6-13-8-10/h1,10H,2-6,8H2. The Kier molecular flexibility index (Phi) is 2.62. The van der Waals surface area contributed by atoms with Crippen LogP contribution in [0.2, 0.25) is 0 Å². The Balaban J connectivity index is 1.91. The van der Waals surface area contributed by atoms with Gasteiger partial charge in [0.2, 0.25) is 0 Å². The first-order chi connectivity index (χ1) is 6.40. The first kappa shape index (κ1) is 8.74. The number of hydrogen-bond acceptors (Lipinski definition) is 3. The third kappa shape index (κ3) is 1.90. The van der Waals surface area contributed by atoms with Gasteiger partial charge in [0, 0.05) is 31.3 Å². The van der Waals surface area contributed by atoms with Crippen LogP contribution in [0.15, 0.2) is 11.6 Å². The molecule has 0 saturated carbocycles. The summed E-state index contributed by atoms with van der Waals surface area (Å²) < 4.78 is 5.34. The lowest BCUT2D eigenvalue weighted by molar-refractivity contribution is 0.149. The minimum Gasteiger partial charge on any atom is -0.380 e. The lowest BCUT2D eigenvalue weighted by atomic mass is 10.1. The van der Waals surface area contributed by atoms with Gasteiger partial charge in [-0.15, -0.1) is 0 Å². The Morgan fingerprint density at radius 2 is 2.54 bits per heavy atom. The second-order valence-electron chi connectivity index (χ2n) is 3.60. The molecule has 2 aliphatic heterocycles. The number of hydrogen-bond donors (Lipinski definition) is 0. The van der Waals surface area contributed by atoms with E-state index < -0.39 is 0 Å². The molecule has 1 atom stereocenters. The van der Waals surface area contributed by atoms with Crippen LogP contribution in [-0.4, -0.2) is 37.2 Å². The second kappa shape index (κ2) is 3.91. The number of nitriles is 1. The van der Waals surface area contributed by atoms with Gasteiger partial charge >= 0.3 is 0 Å². The Morgan fingerprint density at radius 1 is 1.62 bits per heavy atom. The molecular formula is C10H14N2O. The Morgan fingerprint density at radius 3 is 3.08 bits per heavy atom. The van der Waals surface area contributed by atoms with Gasteiger partial charge in [-0.25, -0.2) is 0 Å². The smallest absolute Gasteiger partial charge is 0.0944 e. The summed E-state index contributed by atoms with van der Waals surface area (Å²) in [5.41, 5.74) is 0.940. The molecule has 1 fully saturated rings. The SMILES string of the molecule is N#CC1=CCN(C2CCOC2)CC1. The van der Waals surface area contributed by atoms with E-state index in [-0.39, 0.29) is 0 Å². The maximum Gasteiger partial charge on any atom is 0.0944 e. The number of rotatable bonds is 1. The molecule has 0 amide bonds. The van der Waals surface area contributed by atoms with Crippen LogP contribution in [0, 0.1) is 11.3 Å². The maximum absolute atomic E-state index is 8.68. The molecule has 0 aromatic heterocycles. The van der Waals surface area contributed by atoms with Gasteiger partial charge in [-0.3, -0.25) is 4.90 Å². The minimum atomic E-state index is 0.594. The van der Waals surface area contributed by atoms with E-state index in [9.17, 15) is 0 Å². The molecular weight excluding hydrogens is 164 g/mol. The average Bonchev–Trinajstić information content (AvgIpc) is 2.71. The largest absolute Gasteiger partial charge is 0.380 e. The number of ether oxygens (including phenoxy) is 1. The fraction of sp³-hybridized carbons (Fsp3) is 0.700. The summed E-state index contributed by atoms with van der Waals surface area (Å²) in [6, 6.07) is 2.81. The van der Waals surface area contributed by atoms with Crippen LogP contribution in [0.1, 0.15) is 12.8 Å². The minimum absolute atomic E-state index is 0.594. The Labute approximate surface area is 78.6 Å². The van der Waals surface area contributed by atoms with E-state index >= 15 is 0 Å². The van der Waals surface area contributed by atoms with Crippen LogP contribution in [0.5, 0.6) is 0 Å². The third-order valence-corrected chi connectivity index (χ3v) is 2.81. The summed E-state index contributed by atoms with van der Waals surface area (Å²) >= 11 is 0. The molecule has 2 aliphatic rings. The molecule has 3 nitrogen and oxygen atoms in total. The van der Waals surface area contributed by atoms with Gasteiger partial charge in [0.1, 0.15) is 0 Å². The molecule has 0 N–H and O–H groups in total. The van der Waals surface area contributed by atoms with Crippen molar-refractivity contribution in [2.45, 2.75) is 18.9 Å². The summed E-state index contributed by atoms with van der Waals surface area (Å²) in [7, 11) is 0. The first-order valence-electron chi connectivity index (χ1n) is 4.81. The van der Waals surface area contributed by atoms with Gasteiger partial charge in [-0.1, -0.05) is 6.08 Å². The van der Waals surface area contributed by atoms with Gasteiger partial charge < -0.3 is 4.74 Å². The van der Waals surface area contributed by atoms with E-state index in [1.807, 2.05) is 6.08 Å². The maximum atomic E-state index is 8.68. The van der Waals surface area contributed by atoms with E-state index in [1.54, 1.807) is 0 Å². The molecule has 0 aromatic rings. The van der Waals surface area contributed by atoms with Crippen LogP contribution in [0.25, 0.3) is 0 Å². The quantitative estimate of drug-likeness (QED) is 0.599. The molecule has 70 valence electrons. The fourth-order valence-electron chi connectivity index (χ4n) is 1.93. The lowest BCUT2D eigenvalue weighted by Crippen LogP contribution is -2.38. The van der Waals surface area contributed by atoms with Crippen molar-refractivity contribution in [3.63, 3.8) is 0 Å². The zero-order chi connectivity index (χ0) is 9.10. The predicted octanol–water partition coefficient (Wildman–Crippen LogP) is 0.931. The average molecular weight is 178 g/mol. The summed E-state index contributed by atoms with van der Waals surface area (Å²) in [4.78, 5) is 2.41. The van der Waals surface area contributed by atoms with Crippen molar-refractivity contribution < 1.29 is 4.74 Å². The zero-order valence-electron chi connectivity index (χ0n) is 7.70. The Hall–Kier alpha value is -0.850. The van der Waals surface area contributed by atoms with Gasteiger partial charge in [-0.2, -0.15) is 5.26 Å². The summed E-state index contributed by atoms with van der Waals surface area (Å²) in [5.74, 6) is 0. The highest BCUT2D eigenvalue weighted by molar-refractivity contribution is 5.23. The predicted molar refractivity (Wildman–Crippen MR) is 49.1 cm³/mol. The van der Waals surface area contributed by atoms with Crippen molar-refractivity contribution in [3.8, 4) is 6.07 Å². The molecule has 13 heavy (non-hydrogen) atoms. The van der Waals surface area contributed by atoms with E-state index in [0.717, 1.165) is 44.7 Å². The first-order valence-corrected chi connectivity index (χ1v) is 4.81. The molecule has 1 saturated heterocycles. The van der Waals surface area contributed by atoms with Crippen LogP contribution in [-0.2, 0) is 4.74 Å². The molecule has 3 heteroatoms. The van der Waals surface area contributed by atoms with Gasteiger partial charge in [0.05, 0.1) is 12.7 Å². The molecule has 0 aliphatic carbocycles. The summed E-state index contributed by atoms with van der Waals surface area (Å²) in [6.07, 6.45) is 4.10. The van der Waals surface area contributed by atoms with E-state index in [4.69, 9.17) is 10.00 Å². The van der Waals surface area contributed by atoms with Crippen molar-refractivity contribution in [1.29, 1.82) is 5.26 Å². The van der Waals surface area contributed by atoms with E-state index in [1.165, 1.54) is 0 Å². The Bertz CT molecular complexity index is 248. The van der Waals surface area contributed by atoms with Crippen LogP contribution in [0.4, 0.5) is 0 Å². The van der Waals surface area contributed by atoms with Crippen molar-refractivity contribution >= 4 is 0 Å². The molecule has 0 spiro atoms. The molecule has 0 bridgehead atoms. The molecule has 0 radical (unpaired) electrons. The summed E-state index contributed by atoms with van der Waals surface area (Å²) in [6.45, 7) is 3.72. The van der Waals surface area contributed by atoms with Gasteiger partial charge in [0.25, 0.3) is 0 Å². The van der Waals surface area contributed by atoms with Crippen LogP contribution >= 0.6 is 0 Å². The topological polar surface area (TPSA) is 36.3 Å². The van der Waals surface area contributed by atoms with Crippen molar-refractivity contribution in [3.05, 3.63) is 11.6 Å². The van der Waals surface area contributed by atoms with Crippen molar-refractivity contribution in [2.75, 3.05) is 26.3 Å². The van der Waals surface area contributed by atoms with Crippen molar-refractivity contribution in [2.24, 2.45) is 0 Å². The molecule has 2 rings (SSSR count). The number of nitrogens with zero attached hydrogens (tertiary/aromatic N) is 2. The van der Waals surface area contributed by atoms with Gasteiger partial charge in [-0.05, 0) is 12.8 Å². The van der Waals surface area contributed by atoms with E-state index in [2.05, 4.69) is 11.0 Å². The third-order valence-electron chi connectivity index (χ3n) is 2.81. The highest BCUT2D eigenvalue weighted by Crippen LogP contribution is 2.17. The highest BCUT2D eigenvalue weighted by atomic mass is 16.5. The summed E-state index contributed by atoms with van der Waals surface area (Å²) in [5, 5.41) is 8.68. The second-order valence-corrected chi connectivity index (χ2v) is 3.60. The monoisotopic (exact) mass is 178 g/mol. The zero-order valence-corrected chi connectivity index (χ0v) is 7.70. The molecule has 2 heterocycles. The molecule has 0 aromatic carbocycles. The normalized spacial score (nSPS) is 29.8. The lowest BCUT2D eigenvalue weighted by Gasteiger charge is -2.29. The van der Waals surface area contributed by atoms with Crippen LogP contribution < -0.4 is 0 Å². The highest BCUT2D eigenvalue weighted by Gasteiger charge is 2.24. The van der Waals surface area contributed by atoms with Gasteiger partial charge in [0.15, 0.2) is 0 Å².